The summed E-state index contributed by atoms with van der Waals surface area (Å²) in [6.07, 6.45) is -1.03. The lowest BCUT2D eigenvalue weighted by Crippen LogP contribution is -2.18. The maximum absolute atomic E-state index is 9.39. The van der Waals surface area contributed by atoms with Crippen molar-refractivity contribution >= 4 is 11.6 Å². The van der Waals surface area contributed by atoms with Gasteiger partial charge in [-0.3, -0.25) is 0 Å². The highest BCUT2D eigenvalue weighted by atomic mass is 35.5. The Labute approximate surface area is 152 Å². The number of aliphatic hydroxyl groups excluding tert-OH is 3. The molecule has 2 aromatic rings. The molecule has 2 atom stereocenters. The van der Waals surface area contributed by atoms with E-state index in [0.29, 0.717) is 24.5 Å². The van der Waals surface area contributed by atoms with Crippen molar-refractivity contribution in [2.45, 2.75) is 18.6 Å². The molecule has 136 valence electrons. The molecule has 0 heterocycles. The average molecular weight is 367 g/mol. The van der Waals surface area contributed by atoms with E-state index in [9.17, 15) is 10.2 Å². The molecule has 0 saturated heterocycles. The molecule has 0 bridgehead atoms. The van der Waals surface area contributed by atoms with Crippen LogP contribution in [0, 0.1) is 0 Å². The summed E-state index contributed by atoms with van der Waals surface area (Å²) >= 11 is 5.53. The van der Waals surface area contributed by atoms with Crippen molar-refractivity contribution in [3.8, 4) is 22.6 Å². The minimum Gasteiger partial charge on any atom is -0.493 e. The molecule has 0 spiro atoms. The van der Waals surface area contributed by atoms with Crippen molar-refractivity contribution in [3.63, 3.8) is 0 Å². The maximum Gasteiger partial charge on any atom is 0.119 e. The van der Waals surface area contributed by atoms with E-state index in [2.05, 4.69) is 0 Å². The fraction of sp³-hybridized carbons (Fsp3) is 0.368. The molecule has 25 heavy (non-hydrogen) atoms. The van der Waals surface area contributed by atoms with Gasteiger partial charge < -0.3 is 24.8 Å². The lowest BCUT2D eigenvalue weighted by atomic mass is 10.1. The van der Waals surface area contributed by atoms with Gasteiger partial charge in [0, 0.05) is 6.42 Å². The molecule has 0 saturated carbocycles. The van der Waals surface area contributed by atoms with E-state index >= 15 is 0 Å². The predicted molar refractivity (Wildman–Crippen MR) is 97.3 cm³/mol. The van der Waals surface area contributed by atoms with E-state index in [1.54, 1.807) is 0 Å². The van der Waals surface area contributed by atoms with Crippen molar-refractivity contribution in [3.05, 3.63) is 48.5 Å². The van der Waals surface area contributed by atoms with Gasteiger partial charge in [0.05, 0.1) is 25.2 Å². The second-order valence-corrected chi connectivity index (χ2v) is 5.95. The van der Waals surface area contributed by atoms with Crippen LogP contribution in [0.15, 0.2) is 48.5 Å². The van der Waals surface area contributed by atoms with Gasteiger partial charge in [-0.05, 0) is 35.4 Å². The van der Waals surface area contributed by atoms with Crippen LogP contribution in [0.4, 0.5) is 0 Å². The Kier molecular flexibility index (Phi) is 8.01. The molecule has 0 aliphatic heterocycles. The van der Waals surface area contributed by atoms with Gasteiger partial charge in [-0.15, -0.1) is 11.6 Å². The Morgan fingerprint density at radius 1 is 0.800 bits per heavy atom. The third-order valence-corrected chi connectivity index (χ3v) is 3.95. The van der Waals surface area contributed by atoms with E-state index in [4.69, 9.17) is 26.2 Å². The SMILES string of the molecule is OCC(O)CCOc1ccc(-c2ccc(OCC(O)CCl)cc2)cc1. The van der Waals surface area contributed by atoms with Crippen LogP contribution in [0.5, 0.6) is 11.5 Å². The highest BCUT2D eigenvalue weighted by molar-refractivity contribution is 6.18. The van der Waals surface area contributed by atoms with Gasteiger partial charge in [-0.2, -0.15) is 0 Å². The summed E-state index contributed by atoms with van der Waals surface area (Å²) in [6, 6.07) is 15.2. The first-order valence-corrected chi connectivity index (χ1v) is 8.65. The third kappa shape index (κ3) is 6.55. The van der Waals surface area contributed by atoms with Crippen LogP contribution in [0.1, 0.15) is 6.42 Å². The first-order chi connectivity index (χ1) is 12.1. The number of ether oxygens (including phenoxy) is 2. The fourth-order valence-electron chi connectivity index (χ4n) is 2.13. The molecule has 0 fully saturated rings. The normalized spacial score (nSPS) is 13.3. The maximum atomic E-state index is 9.39. The lowest BCUT2D eigenvalue weighted by Gasteiger charge is -2.11. The number of hydrogen-bond donors (Lipinski definition) is 3. The summed E-state index contributed by atoms with van der Waals surface area (Å²) in [4.78, 5) is 0. The van der Waals surface area contributed by atoms with Crippen molar-refractivity contribution in [2.24, 2.45) is 0 Å². The fourth-order valence-corrected chi connectivity index (χ4v) is 2.22. The largest absolute Gasteiger partial charge is 0.493 e. The molecular weight excluding hydrogens is 344 g/mol. The molecule has 0 aliphatic rings. The van der Waals surface area contributed by atoms with E-state index < -0.39 is 12.2 Å². The molecule has 2 unspecified atom stereocenters. The summed E-state index contributed by atoms with van der Waals surface area (Å²) in [6.45, 7) is 0.258. The van der Waals surface area contributed by atoms with Gasteiger partial charge in [-0.1, -0.05) is 24.3 Å². The molecule has 0 radical (unpaired) electrons. The minimum absolute atomic E-state index is 0.144. The highest BCUT2D eigenvalue weighted by Gasteiger charge is 2.05. The highest BCUT2D eigenvalue weighted by Crippen LogP contribution is 2.24. The van der Waals surface area contributed by atoms with Crippen LogP contribution < -0.4 is 9.47 Å². The van der Waals surface area contributed by atoms with Gasteiger partial charge in [0.25, 0.3) is 0 Å². The number of alkyl halides is 1. The van der Waals surface area contributed by atoms with Crippen LogP contribution in [0.2, 0.25) is 0 Å². The second kappa shape index (κ2) is 10.3. The Hall–Kier alpha value is -1.79. The van der Waals surface area contributed by atoms with Crippen LogP contribution in [-0.2, 0) is 0 Å². The smallest absolute Gasteiger partial charge is 0.119 e. The zero-order valence-electron chi connectivity index (χ0n) is 13.8. The van der Waals surface area contributed by atoms with Gasteiger partial charge in [-0.25, -0.2) is 0 Å². The standard InChI is InChI=1S/C19H23ClO5/c20-11-17(23)13-25-19-7-3-15(4-8-19)14-1-5-18(6-2-14)24-10-9-16(22)12-21/h1-8,16-17,21-23H,9-13H2. The molecular formula is C19H23ClO5. The van der Waals surface area contributed by atoms with Gasteiger partial charge in [0.2, 0.25) is 0 Å². The quantitative estimate of drug-likeness (QED) is 0.563. The van der Waals surface area contributed by atoms with E-state index in [1.807, 2.05) is 48.5 Å². The summed E-state index contributed by atoms with van der Waals surface area (Å²) in [7, 11) is 0. The van der Waals surface area contributed by atoms with Crippen molar-refractivity contribution in [1.29, 1.82) is 0 Å². The van der Waals surface area contributed by atoms with Gasteiger partial charge in [0.15, 0.2) is 0 Å². The number of aliphatic hydroxyl groups is 3. The topological polar surface area (TPSA) is 79.2 Å². The van der Waals surface area contributed by atoms with Crippen LogP contribution in [-0.4, -0.2) is 53.2 Å². The van der Waals surface area contributed by atoms with Crippen LogP contribution in [0.3, 0.4) is 0 Å². The predicted octanol–water partition coefficient (Wildman–Crippen LogP) is 2.45. The van der Waals surface area contributed by atoms with Gasteiger partial charge in [0.1, 0.15) is 24.2 Å². The summed E-state index contributed by atoms with van der Waals surface area (Å²) in [5.41, 5.74) is 2.07. The summed E-state index contributed by atoms with van der Waals surface area (Å²) in [5, 5.41) is 27.4. The number of halogens is 1. The Bertz CT molecular complexity index is 615. The van der Waals surface area contributed by atoms with Crippen molar-refractivity contribution in [1.82, 2.24) is 0 Å². The van der Waals surface area contributed by atoms with E-state index in [1.165, 1.54) is 0 Å². The molecule has 3 N–H and O–H groups in total. The molecule has 2 aromatic carbocycles. The average Bonchev–Trinajstić information content (AvgIpc) is 2.67. The Morgan fingerprint density at radius 2 is 1.32 bits per heavy atom. The zero-order valence-corrected chi connectivity index (χ0v) is 14.6. The third-order valence-electron chi connectivity index (χ3n) is 3.59. The van der Waals surface area contributed by atoms with Crippen LogP contribution >= 0.6 is 11.6 Å². The van der Waals surface area contributed by atoms with Crippen molar-refractivity contribution in [2.75, 3.05) is 25.7 Å². The Morgan fingerprint density at radius 3 is 1.80 bits per heavy atom. The Balaban J connectivity index is 1.88. The number of rotatable bonds is 10. The second-order valence-electron chi connectivity index (χ2n) is 5.64. The summed E-state index contributed by atoms with van der Waals surface area (Å²) < 4.78 is 11.0. The van der Waals surface area contributed by atoms with E-state index in [0.717, 1.165) is 11.1 Å². The number of hydrogen-bond acceptors (Lipinski definition) is 5. The monoisotopic (exact) mass is 366 g/mol. The van der Waals surface area contributed by atoms with Crippen LogP contribution in [0.25, 0.3) is 11.1 Å². The minimum atomic E-state index is -0.745. The lowest BCUT2D eigenvalue weighted by molar-refractivity contribution is 0.0754. The zero-order chi connectivity index (χ0) is 18.1. The van der Waals surface area contributed by atoms with Gasteiger partial charge >= 0.3 is 0 Å². The molecule has 5 nitrogen and oxygen atoms in total. The number of benzene rings is 2. The van der Waals surface area contributed by atoms with Crippen molar-refractivity contribution < 1.29 is 24.8 Å². The molecule has 0 aromatic heterocycles. The molecule has 0 aliphatic carbocycles. The van der Waals surface area contributed by atoms with E-state index in [-0.39, 0.29) is 19.1 Å². The summed E-state index contributed by atoms with van der Waals surface area (Å²) in [5.74, 6) is 1.53. The molecule has 2 rings (SSSR count). The molecule has 0 amide bonds. The molecule has 6 heteroatoms. The first-order valence-electron chi connectivity index (χ1n) is 8.11. The first kappa shape index (κ1) is 19.5.